The van der Waals surface area contributed by atoms with Crippen LogP contribution in [-0.2, 0) is 6.42 Å². The predicted molar refractivity (Wildman–Crippen MR) is 83.8 cm³/mol. The molecule has 0 bridgehead atoms. The van der Waals surface area contributed by atoms with Gasteiger partial charge in [0.05, 0.1) is 0 Å². The van der Waals surface area contributed by atoms with Crippen molar-refractivity contribution in [2.75, 3.05) is 0 Å². The molecule has 0 nitrogen and oxygen atoms in total. The third kappa shape index (κ3) is 1.67. The molecule has 0 heterocycles. The third-order valence-corrected chi connectivity index (χ3v) is 7.44. The van der Waals surface area contributed by atoms with E-state index >= 15 is 0 Å². The molecule has 3 aliphatic rings. The van der Waals surface area contributed by atoms with Gasteiger partial charge < -0.3 is 0 Å². The molecule has 1 heteroatoms. The van der Waals surface area contributed by atoms with Crippen molar-refractivity contribution in [1.29, 1.82) is 0 Å². The summed E-state index contributed by atoms with van der Waals surface area (Å²) < 4.78 is 0. The van der Waals surface area contributed by atoms with Crippen LogP contribution in [0.25, 0.3) is 0 Å². The maximum atomic E-state index is 4.91. The smallest absolute Gasteiger partial charge is 0.00735 e. The molecule has 102 valence electrons. The normalized spacial score (nSPS) is 44.3. The second-order valence-corrected chi connectivity index (χ2v) is 7.88. The van der Waals surface area contributed by atoms with Gasteiger partial charge in [0.15, 0.2) is 0 Å². The summed E-state index contributed by atoms with van der Waals surface area (Å²) in [5, 5.41) is 0.649. The van der Waals surface area contributed by atoms with Crippen molar-refractivity contribution >= 4 is 12.6 Å². The summed E-state index contributed by atoms with van der Waals surface area (Å²) >= 11 is 4.91. The molecule has 1 aromatic rings. The van der Waals surface area contributed by atoms with Crippen molar-refractivity contribution in [3.8, 4) is 0 Å². The summed E-state index contributed by atoms with van der Waals surface area (Å²) in [5.74, 6) is 2.72. The van der Waals surface area contributed by atoms with Crippen molar-refractivity contribution in [1.82, 2.24) is 0 Å². The highest BCUT2D eigenvalue weighted by molar-refractivity contribution is 7.81. The molecule has 2 saturated carbocycles. The highest BCUT2D eigenvalue weighted by Gasteiger charge is 2.53. The van der Waals surface area contributed by atoms with Crippen LogP contribution in [0, 0.1) is 17.3 Å². The van der Waals surface area contributed by atoms with E-state index in [1.165, 1.54) is 38.5 Å². The lowest BCUT2D eigenvalue weighted by molar-refractivity contribution is 0.0634. The molecule has 0 amide bonds. The number of rotatable bonds is 0. The topological polar surface area (TPSA) is 0 Å². The molecule has 2 fully saturated rings. The maximum Gasteiger partial charge on any atom is 0.00735 e. The fourth-order valence-corrected chi connectivity index (χ4v) is 5.96. The van der Waals surface area contributed by atoms with Gasteiger partial charge in [0.1, 0.15) is 0 Å². The number of aryl methyl sites for hydroxylation is 1. The van der Waals surface area contributed by atoms with E-state index in [1.807, 2.05) is 0 Å². The minimum Gasteiger partial charge on any atom is -0.175 e. The summed E-state index contributed by atoms with van der Waals surface area (Å²) in [5.41, 5.74) is 3.84. The zero-order valence-electron chi connectivity index (χ0n) is 11.8. The minimum atomic E-state index is 0.524. The van der Waals surface area contributed by atoms with Crippen molar-refractivity contribution in [2.24, 2.45) is 17.3 Å². The Hall–Kier alpha value is -0.430. The Kier molecular flexibility index (Phi) is 2.78. The van der Waals surface area contributed by atoms with Gasteiger partial charge in [-0.1, -0.05) is 31.2 Å². The molecule has 19 heavy (non-hydrogen) atoms. The number of fused-ring (bicyclic) bond motifs is 5. The standard InChI is InChI=1S/C18H24S/c1-18-11-10-14-13-5-3-2-4-12(13)6-7-15(14)16(18)8-9-17(18)19/h2-5,14-17,19H,6-11H2,1H3. The third-order valence-electron chi connectivity index (χ3n) is 6.59. The first kappa shape index (κ1) is 12.3. The first-order valence-electron chi connectivity index (χ1n) is 7.96. The molecule has 0 spiro atoms. The lowest BCUT2D eigenvalue weighted by Crippen LogP contribution is -2.42. The van der Waals surface area contributed by atoms with E-state index in [4.69, 9.17) is 12.6 Å². The zero-order chi connectivity index (χ0) is 13.0. The van der Waals surface area contributed by atoms with E-state index in [0.717, 1.165) is 17.8 Å². The molecular weight excluding hydrogens is 248 g/mol. The highest BCUT2D eigenvalue weighted by atomic mass is 32.1. The van der Waals surface area contributed by atoms with Gasteiger partial charge in [-0.15, -0.1) is 0 Å². The molecule has 1 aromatic carbocycles. The number of hydrogen-bond acceptors (Lipinski definition) is 1. The van der Waals surface area contributed by atoms with E-state index in [2.05, 4.69) is 31.2 Å². The monoisotopic (exact) mass is 272 g/mol. The molecule has 0 aromatic heterocycles. The van der Waals surface area contributed by atoms with Gasteiger partial charge in [-0.25, -0.2) is 0 Å². The van der Waals surface area contributed by atoms with Crippen molar-refractivity contribution in [3.05, 3.63) is 35.4 Å². The van der Waals surface area contributed by atoms with E-state index in [0.29, 0.717) is 10.7 Å². The van der Waals surface area contributed by atoms with Gasteiger partial charge in [-0.2, -0.15) is 12.6 Å². The summed E-state index contributed by atoms with van der Waals surface area (Å²) in [7, 11) is 0. The van der Waals surface area contributed by atoms with E-state index < -0.39 is 0 Å². The lowest BCUT2D eigenvalue weighted by Gasteiger charge is -2.50. The van der Waals surface area contributed by atoms with Crippen LogP contribution in [0.4, 0.5) is 0 Å². The summed E-state index contributed by atoms with van der Waals surface area (Å²) in [4.78, 5) is 0. The molecule has 0 N–H and O–H groups in total. The molecule has 5 atom stereocenters. The quantitative estimate of drug-likeness (QED) is 0.642. The van der Waals surface area contributed by atoms with Crippen molar-refractivity contribution in [2.45, 2.75) is 56.6 Å². The molecule has 0 aliphatic heterocycles. The lowest BCUT2D eigenvalue weighted by atomic mass is 9.56. The molecule has 3 aliphatic carbocycles. The van der Waals surface area contributed by atoms with Crippen LogP contribution in [0.2, 0.25) is 0 Å². The van der Waals surface area contributed by atoms with E-state index in [9.17, 15) is 0 Å². The van der Waals surface area contributed by atoms with E-state index in [-0.39, 0.29) is 0 Å². The Bertz CT molecular complexity index is 494. The van der Waals surface area contributed by atoms with Crippen LogP contribution < -0.4 is 0 Å². The van der Waals surface area contributed by atoms with Crippen LogP contribution in [0.3, 0.4) is 0 Å². The second-order valence-electron chi connectivity index (χ2n) is 7.25. The molecule has 0 saturated heterocycles. The number of benzene rings is 1. The number of thiol groups is 1. The summed E-state index contributed by atoms with van der Waals surface area (Å²) in [6.07, 6.45) is 8.28. The average Bonchev–Trinajstić information content (AvgIpc) is 2.75. The van der Waals surface area contributed by atoms with Gasteiger partial charge in [-0.3, -0.25) is 0 Å². The van der Waals surface area contributed by atoms with Crippen LogP contribution in [0.15, 0.2) is 24.3 Å². The average molecular weight is 272 g/mol. The van der Waals surface area contributed by atoms with Gasteiger partial charge >= 0.3 is 0 Å². The Morgan fingerprint density at radius 1 is 1.11 bits per heavy atom. The van der Waals surface area contributed by atoms with Gasteiger partial charge in [0.25, 0.3) is 0 Å². The van der Waals surface area contributed by atoms with Crippen LogP contribution in [0.5, 0.6) is 0 Å². The second kappa shape index (κ2) is 4.28. The predicted octanol–water partition coefficient (Wildman–Crippen LogP) is 4.84. The Balaban J connectivity index is 1.72. The maximum absolute atomic E-state index is 4.91. The first-order valence-corrected chi connectivity index (χ1v) is 8.47. The molecular formula is C18H24S. The Morgan fingerprint density at radius 3 is 2.84 bits per heavy atom. The summed E-state index contributed by atoms with van der Waals surface area (Å²) in [6, 6.07) is 9.22. The van der Waals surface area contributed by atoms with Crippen molar-refractivity contribution in [3.63, 3.8) is 0 Å². The first-order chi connectivity index (χ1) is 9.20. The molecule has 0 radical (unpaired) electrons. The minimum absolute atomic E-state index is 0.524. The summed E-state index contributed by atoms with van der Waals surface area (Å²) in [6.45, 7) is 2.53. The van der Waals surface area contributed by atoms with Crippen LogP contribution in [0.1, 0.15) is 56.1 Å². The molecule has 4 rings (SSSR count). The molecule has 5 unspecified atom stereocenters. The van der Waals surface area contributed by atoms with E-state index in [1.54, 1.807) is 11.1 Å². The largest absolute Gasteiger partial charge is 0.175 e. The van der Waals surface area contributed by atoms with Crippen LogP contribution in [-0.4, -0.2) is 5.25 Å². The highest BCUT2D eigenvalue weighted by Crippen LogP contribution is 2.61. The zero-order valence-corrected chi connectivity index (χ0v) is 12.7. The Labute approximate surface area is 122 Å². The fraction of sp³-hybridized carbons (Fsp3) is 0.667. The van der Waals surface area contributed by atoms with Gasteiger partial charge in [0.2, 0.25) is 0 Å². The fourth-order valence-electron chi connectivity index (χ4n) is 5.49. The van der Waals surface area contributed by atoms with Gasteiger partial charge in [0, 0.05) is 5.25 Å². The number of hydrogen-bond donors (Lipinski definition) is 1. The Morgan fingerprint density at radius 2 is 1.95 bits per heavy atom. The van der Waals surface area contributed by atoms with Crippen LogP contribution >= 0.6 is 12.6 Å². The SMILES string of the molecule is CC12CCC3c4ccccc4CCC3C1CCC2S. The van der Waals surface area contributed by atoms with Crippen molar-refractivity contribution < 1.29 is 0 Å². The van der Waals surface area contributed by atoms with Gasteiger partial charge in [-0.05, 0) is 72.8 Å².